The van der Waals surface area contributed by atoms with Crippen molar-refractivity contribution in [1.82, 2.24) is 0 Å². The Balaban J connectivity index is 2.32. The summed E-state index contributed by atoms with van der Waals surface area (Å²) >= 11 is 0. The lowest BCUT2D eigenvalue weighted by Crippen LogP contribution is -2.23. The standard InChI is InChI=1S/C11H11F3O3/c1-15-10(11(12,13)14)7-2-3-8-9(6-7)17-5-4-16-8/h2-3,6,10H,4-5H2,1H3. The molecule has 0 radical (unpaired) electrons. The number of rotatable bonds is 2. The highest BCUT2D eigenvalue weighted by molar-refractivity contribution is 5.44. The molecule has 0 spiro atoms. The third-order valence-corrected chi connectivity index (χ3v) is 2.40. The lowest BCUT2D eigenvalue weighted by molar-refractivity contribution is -0.216. The van der Waals surface area contributed by atoms with Crippen LogP contribution in [-0.4, -0.2) is 26.5 Å². The summed E-state index contributed by atoms with van der Waals surface area (Å²) in [6, 6.07) is 4.09. The predicted octanol–water partition coefficient (Wildman–Crippen LogP) is 2.71. The molecule has 1 heterocycles. The summed E-state index contributed by atoms with van der Waals surface area (Å²) in [7, 11) is 1.02. The average molecular weight is 248 g/mol. The second kappa shape index (κ2) is 4.44. The molecule has 3 nitrogen and oxygen atoms in total. The molecule has 0 amide bonds. The van der Waals surface area contributed by atoms with E-state index in [4.69, 9.17) is 9.47 Å². The number of methoxy groups -OCH3 is 1. The molecule has 0 aromatic heterocycles. The van der Waals surface area contributed by atoms with Gasteiger partial charge < -0.3 is 14.2 Å². The van der Waals surface area contributed by atoms with Crippen molar-refractivity contribution in [3.63, 3.8) is 0 Å². The maximum atomic E-state index is 12.6. The van der Waals surface area contributed by atoms with Crippen LogP contribution in [0.1, 0.15) is 11.7 Å². The van der Waals surface area contributed by atoms with Crippen molar-refractivity contribution in [2.75, 3.05) is 20.3 Å². The van der Waals surface area contributed by atoms with Gasteiger partial charge in [-0.15, -0.1) is 0 Å². The Morgan fingerprint density at radius 3 is 2.41 bits per heavy atom. The quantitative estimate of drug-likeness (QED) is 0.805. The van der Waals surface area contributed by atoms with Gasteiger partial charge in [0.1, 0.15) is 13.2 Å². The highest BCUT2D eigenvalue weighted by Crippen LogP contribution is 2.39. The fraction of sp³-hybridized carbons (Fsp3) is 0.455. The SMILES string of the molecule is COC(c1ccc2c(c1)OCCO2)C(F)(F)F. The number of hydrogen-bond acceptors (Lipinski definition) is 3. The molecular weight excluding hydrogens is 237 g/mol. The number of halogens is 3. The zero-order valence-electron chi connectivity index (χ0n) is 9.08. The van der Waals surface area contributed by atoms with E-state index in [1.807, 2.05) is 0 Å². The zero-order chi connectivity index (χ0) is 12.5. The van der Waals surface area contributed by atoms with Gasteiger partial charge in [0.05, 0.1) is 0 Å². The summed E-state index contributed by atoms with van der Waals surface area (Å²) in [5, 5.41) is 0. The molecule has 1 aromatic carbocycles. The zero-order valence-corrected chi connectivity index (χ0v) is 9.08. The summed E-state index contributed by atoms with van der Waals surface area (Å²) in [5.74, 6) is 0.775. The van der Waals surface area contributed by atoms with Gasteiger partial charge in [-0.1, -0.05) is 6.07 Å². The van der Waals surface area contributed by atoms with Crippen LogP contribution in [0.3, 0.4) is 0 Å². The second-order valence-corrected chi connectivity index (χ2v) is 3.56. The van der Waals surface area contributed by atoms with E-state index in [9.17, 15) is 13.2 Å². The molecular formula is C11H11F3O3. The van der Waals surface area contributed by atoms with Crippen LogP contribution in [0, 0.1) is 0 Å². The van der Waals surface area contributed by atoms with E-state index in [1.165, 1.54) is 18.2 Å². The molecule has 0 N–H and O–H groups in total. The molecule has 94 valence electrons. The first-order chi connectivity index (χ1) is 8.02. The molecule has 0 saturated carbocycles. The smallest absolute Gasteiger partial charge is 0.418 e. The Bertz CT molecular complexity index is 403. The van der Waals surface area contributed by atoms with Gasteiger partial charge in [-0.25, -0.2) is 0 Å². The maximum Gasteiger partial charge on any atom is 0.418 e. The second-order valence-electron chi connectivity index (χ2n) is 3.56. The summed E-state index contributed by atoms with van der Waals surface area (Å²) < 4.78 is 52.8. The largest absolute Gasteiger partial charge is 0.486 e. The molecule has 1 aliphatic rings. The first-order valence-corrected chi connectivity index (χ1v) is 5.01. The van der Waals surface area contributed by atoms with Crippen LogP contribution in [0.25, 0.3) is 0 Å². The van der Waals surface area contributed by atoms with E-state index < -0.39 is 12.3 Å². The molecule has 1 aromatic rings. The fourth-order valence-corrected chi connectivity index (χ4v) is 1.68. The van der Waals surface area contributed by atoms with Crippen molar-refractivity contribution in [2.45, 2.75) is 12.3 Å². The Labute approximate surface area is 96.1 Å². The minimum Gasteiger partial charge on any atom is -0.486 e. The highest BCUT2D eigenvalue weighted by Gasteiger charge is 2.41. The average Bonchev–Trinajstić information content (AvgIpc) is 2.28. The van der Waals surface area contributed by atoms with Crippen molar-refractivity contribution < 1.29 is 27.4 Å². The summed E-state index contributed by atoms with van der Waals surface area (Å²) in [6.45, 7) is 0.736. The Morgan fingerprint density at radius 2 is 1.82 bits per heavy atom. The first kappa shape index (κ1) is 12.0. The lowest BCUT2D eigenvalue weighted by atomic mass is 10.1. The monoisotopic (exact) mass is 248 g/mol. The fourth-order valence-electron chi connectivity index (χ4n) is 1.68. The van der Waals surface area contributed by atoms with Crippen molar-refractivity contribution in [3.8, 4) is 11.5 Å². The van der Waals surface area contributed by atoms with Gasteiger partial charge in [0.15, 0.2) is 17.6 Å². The van der Waals surface area contributed by atoms with Crippen LogP contribution < -0.4 is 9.47 Å². The van der Waals surface area contributed by atoms with Crippen LogP contribution in [0.5, 0.6) is 11.5 Å². The molecule has 1 unspecified atom stereocenters. The van der Waals surface area contributed by atoms with E-state index in [1.54, 1.807) is 0 Å². The number of hydrogen-bond donors (Lipinski definition) is 0. The molecule has 17 heavy (non-hydrogen) atoms. The van der Waals surface area contributed by atoms with Crippen LogP contribution >= 0.6 is 0 Å². The molecule has 0 aliphatic carbocycles. The van der Waals surface area contributed by atoms with Gasteiger partial charge in [-0.05, 0) is 17.7 Å². The van der Waals surface area contributed by atoms with E-state index in [0.29, 0.717) is 24.7 Å². The Hall–Kier alpha value is -1.43. The number of alkyl halides is 3. The minimum absolute atomic E-state index is 0.00394. The van der Waals surface area contributed by atoms with Crippen molar-refractivity contribution >= 4 is 0 Å². The predicted molar refractivity (Wildman–Crippen MR) is 53.2 cm³/mol. The Morgan fingerprint density at radius 1 is 1.18 bits per heavy atom. The summed E-state index contributed by atoms with van der Waals surface area (Å²) in [6.07, 6.45) is -6.39. The third-order valence-electron chi connectivity index (χ3n) is 2.40. The van der Waals surface area contributed by atoms with Crippen LogP contribution in [0.4, 0.5) is 13.2 Å². The molecule has 0 fully saturated rings. The summed E-state index contributed by atoms with van der Waals surface area (Å²) in [4.78, 5) is 0. The van der Waals surface area contributed by atoms with E-state index >= 15 is 0 Å². The van der Waals surface area contributed by atoms with Crippen LogP contribution in [-0.2, 0) is 4.74 Å². The van der Waals surface area contributed by atoms with E-state index in [0.717, 1.165) is 7.11 Å². The van der Waals surface area contributed by atoms with Crippen LogP contribution in [0.2, 0.25) is 0 Å². The third kappa shape index (κ3) is 2.46. The Kier molecular flexibility index (Phi) is 3.15. The van der Waals surface area contributed by atoms with Gasteiger partial charge >= 0.3 is 6.18 Å². The van der Waals surface area contributed by atoms with Gasteiger partial charge in [-0.2, -0.15) is 13.2 Å². The van der Waals surface area contributed by atoms with E-state index in [2.05, 4.69) is 4.74 Å². The van der Waals surface area contributed by atoms with Crippen molar-refractivity contribution in [1.29, 1.82) is 0 Å². The molecule has 0 saturated heterocycles. The number of fused-ring (bicyclic) bond motifs is 1. The summed E-state index contributed by atoms with van der Waals surface area (Å²) in [5.41, 5.74) is 0.00394. The molecule has 0 bridgehead atoms. The first-order valence-electron chi connectivity index (χ1n) is 5.01. The van der Waals surface area contributed by atoms with E-state index in [-0.39, 0.29) is 5.56 Å². The molecule has 1 atom stereocenters. The van der Waals surface area contributed by atoms with Gasteiger partial charge in [0.25, 0.3) is 0 Å². The van der Waals surface area contributed by atoms with Gasteiger partial charge in [0, 0.05) is 7.11 Å². The molecule has 1 aliphatic heterocycles. The topological polar surface area (TPSA) is 27.7 Å². The normalized spacial score (nSPS) is 16.7. The number of ether oxygens (including phenoxy) is 3. The van der Waals surface area contributed by atoms with Gasteiger partial charge in [-0.3, -0.25) is 0 Å². The van der Waals surface area contributed by atoms with Crippen LogP contribution in [0.15, 0.2) is 18.2 Å². The molecule has 6 heteroatoms. The minimum atomic E-state index is -4.45. The number of benzene rings is 1. The molecule has 2 rings (SSSR count). The maximum absolute atomic E-state index is 12.6. The van der Waals surface area contributed by atoms with Crippen molar-refractivity contribution in [3.05, 3.63) is 23.8 Å². The highest BCUT2D eigenvalue weighted by atomic mass is 19.4. The van der Waals surface area contributed by atoms with Crippen molar-refractivity contribution in [2.24, 2.45) is 0 Å². The lowest BCUT2D eigenvalue weighted by Gasteiger charge is -2.22. The van der Waals surface area contributed by atoms with Gasteiger partial charge in [0.2, 0.25) is 0 Å².